The molecule has 0 amide bonds. The Morgan fingerprint density at radius 3 is 2.48 bits per heavy atom. The standard InChI is InChI=1S/C15H27N7O2S/c1-3-16-14(19-8-9-20-25(23,24)4-2)21-10-12-22(13-11-21)15-17-6-5-7-18-15/h5-7,20H,3-4,8-13H2,1-2H3,(H,16,19). The van der Waals surface area contributed by atoms with Gasteiger partial charge in [0.15, 0.2) is 5.96 Å². The van der Waals surface area contributed by atoms with Crippen molar-refractivity contribution >= 4 is 21.9 Å². The molecule has 0 bridgehead atoms. The zero-order valence-electron chi connectivity index (χ0n) is 14.8. The second-order valence-corrected chi connectivity index (χ2v) is 7.65. The van der Waals surface area contributed by atoms with Crippen LogP contribution < -0.4 is 14.9 Å². The summed E-state index contributed by atoms with van der Waals surface area (Å²) in [5.41, 5.74) is 0. The molecular weight excluding hydrogens is 342 g/mol. The van der Waals surface area contributed by atoms with Crippen molar-refractivity contribution < 1.29 is 8.42 Å². The minimum atomic E-state index is -3.17. The van der Waals surface area contributed by atoms with Crippen molar-refractivity contribution in [2.45, 2.75) is 13.8 Å². The normalized spacial score (nSPS) is 16.2. The summed E-state index contributed by atoms with van der Waals surface area (Å²) in [4.78, 5) is 17.4. The number of sulfonamides is 1. The molecule has 0 saturated carbocycles. The van der Waals surface area contributed by atoms with Crippen molar-refractivity contribution in [2.75, 3.05) is 56.5 Å². The molecule has 0 aromatic carbocycles. The van der Waals surface area contributed by atoms with Crippen LogP contribution in [0.25, 0.3) is 0 Å². The van der Waals surface area contributed by atoms with E-state index >= 15 is 0 Å². The fourth-order valence-electron chi connectivity index (χ4n) is 2.46. The van der Waals surface area contributed by atoms with Crippen molar-refractivity contribution in [3.63, 3.8) is 0 Å². The first-order valence-corrected chi connectivity index (χ1v) is 10.2. The summed E-state index contributed by atoms with van der Waals surface area (Å²) in [5, 5.41) is 3.27. The number of aliphatic imine (C=N–C) groups is 1. The molecule has 0 unspecified atom stereocenters. The van der Waals surface area contributed by atoms with Crippen LogP contribution in [0.2, 0.25) is 0 Å². The number of nitrogens with zero attached hydrogens (tertiary/aromatic N) is 5. The van der Waals surface area contributed by atoms with Gasteiger partial charge in [0.05, 0.1) is 12.3 Å². The lowest BCUT2D eigenvalue weighted by atomic mass is 10.3. The molecule has 0 atom stereocenters. The van der Waals surface area contributed by atoms with E-state index in [9.17, 15) is 8.42 Å². The highest BCUT2D eigenvalue weighted by Gasteiger charge is 2.20. The van der Waals surface area contributed by atoms with Gasteiger partial charge in [0, 0.05) is 51.7 Å². The van der Waals surface area contributed by atoms with E-state index in [4.69, 9.17) is 0 Å². The van der Waals surface area contributed by atoms with Crippen LogP contribution in [0.1, 0.15) is 13.8 Å². The first kappa shape index (κ1) is 19.4. The summed E-state index contributed by atoms with van der Waals surface area (Å²) in [6.45, 7) is 8.37. The molecule has 2 rings (SSSR count). The van der Waals surface area contributed by atoms with Crippen LogP contribution in [0, 0.1) is 0 Å². The maximum atomic E-state index is 11.4. The number of nitrogens with one attached hydrogen (secondary N) is 2. The number of rotatable bonds is 7. The number of anilines is 1. The quantitative estimate of drug-likeness (QED) is 0.379. The predicted octanol–water partition coefficient (Wildman–Crippen LogP) is -0.497. The van der Waals surface area contributed by atoms with Gasteiger partial charge in [0.2, 0.25) is 16.0 Å². The molecule has 2 N–H and O–H groups in total. The lowest BCUT2D eigenvalue weighted by Crippen LogP contribution is -2.53. The third-order valence-corrected chi connectivity index (χ3v) is 5.23. The minimum absolute atomic E-state index is 0.0836. The fraction of sp³-hybridized carbons (Fsp3) is 0.667. The van der Waals surface area contributed by atoms with Gasteiger partial charge >= 0.3 is 0 Å². The molecule has 0 radical (unpaired) electrons. The molecule has 1 fully saturated rings. The van der Waals surface area contributed by atoms with Gasteiger partial charge in [-0.05, 0) is 19.9 Å². The SMILES string of the molecule is CCNC(=NCCNS(=O)(=O)CC)N1CCN(c2ncccn2)CC1. The van der Waals surface area contributed by atoms with Gasteiger partial charge < -0.3 is 15.1 Å². The van der Waals surface area contributed by atoms with Gasteiger partial charge in [-0.15, -0.1) is 0 Å². The highest BCUT2D eigenvalue weighted by atomic mass is 32.2. The second kappa shape index (κ2) is 9.52. The molecule has 1 aliphatic rings. The molecule has 1 saturated heterocycles. The van der Waals surface area contributed by atoms with Crippen LogP contribution in [0.3, 0.4) is 0 Å². The number of piperazine rings is 1. The largest absolute Gasteiger partial charge is 0.357 e. The number of aromatic nitrogens is 2. The van der Waals surface area contributed by atoms with E-state index in [-0.39, 0.29) is 5.75 Å². The van der Waals surface area contributed by atoms with Crippen molar-refractivity contribution in [3.8, 4) is 0 Å². The zero-order valence-corrected chi connectivity index (χ0v) is 15.7. The molecule has 25 heavy (non-hydrogen) atoms. The van der Waals surface area contributed by atoms with E-state index in [0.29, 0.717) is 13.1 Å². The molecule has 140 valence electrons. The Balaban J connectivity index is 1.87. The molecule has 9 nitrogen and oxygen atoms in total. The van der Waals surface area contributed by atoms with E-state index in [1.807, 2.05) is 13.0 Å². The summed E-state index contributed by atoms with van der Waals surface area (Å²) in [5.74, 6) is 1.64. The monoisotopic (exact) mass is 369 g/mol. The fourth-order valence-corrected chi connectivity index (χ4v) is 3.07. The molecule has 2 heterocycles. The minimum Gasteiger partial charge on any atom is -0.357 e. The van der Waals surface area contributed by atoms with E-state index in [1.165, 1.54) is 0 Å². The summed E-state index contributed by atoms with van der Waals surface area (Å²) in [6.07, 6.45) is 3.50. The highest BCUT2D eigenvalue weighted by Crippen LogP contribution is 2.09. The molecule has 1 aromatic heterocycles. The first-order valence-electron chi connectivity index (χ1n) is 8.58. The van der Waals surface area contributed by atoms with Gasteiger partial charge in [-0.2, -0.15) is 0 Å². The summed E-state index contributed by atoms with van der Waals surface area (Å²) in [6, 6.07) is 1.81. The van der Waals surface area contributed by atoms with Crippen LogP contribution >= 0.6 is 0 Å². The van der Waals surface area contributed by atoms with Crippen molar-refractivity contribution in [1.29, 1.82) is 0 Å². The highest BCUT2D eigenvalue weighted by molar-refractivity contribution is 7.89. The Bertz CT molecular complexity index is 643. The van der Waals surface area contributed by atoms with Crippen molar-refractivity contribution in [3.05, 3.63) is 18.5 Å². The average Bonchev–Trinajstić information content (AvgIpc) is 2.65. The lowest BCUT2D eigenvalue weighted by molar-refractivity contribution is 0.370. The van der Waals surface area contributed by atoms with Crippen LogP contribution in [0.4, 0.5) is 5.95 Å². The van der Waals surface area contributed by atoms with Crippen LogP contribution in [-0.4, -0.2) is 80.8 Å². The zero-order chi connectivity index (χ0) is 18.1. The number of hydrogen-bond donors (Lipinski definition) is 2. The van der Waals surface area contributed by atoms with Crippen LogP contribution in [0.15, 0.2) is 23.5 Å². The van der Waals surface area contributed by atoms with Crippen LogP contribution in [-0.2, 0) is 10.0 Å². The Morgan fingerprint density at radius 1 is 1.20 bits per heavy atom. The second-order valence-electron chi connectivity index (χ2n) is 5.56. The maximum Gasteiger partial charge on any atom is 0.225 e. The Morgan fingerprint density at radius 2 is 1.88 bits per heavy atom. The summed E-state index contributed by atoms with van der Waals surface area (Å²) in [7, 11) is -3.17. The van der Waals surface area contributed by atoms with Crippen molar-refractivity contribution in [1.82, 2.24) is 24.9 Å². The van der Waals surface area contributed by atoms with E-state index in [2.05, 4.69) is 34.8 Å². The molecule has 1 aromatic rings. The molecule has 10 heteroatoms. The van der Waals surface area contributed by atoms with Gasteiger partial charge in [-0.1, -0.05) is 0 Å². The molecule has 0 spiro atoms. The number of guanidine groups is 1. The predicted molar refractivity (Wildman–Crippen MR) is 99.3 cm³/mol. The molecule has 1 aliphatic heterocycles. The number of hydrogen-bond acceptors (Lipinski definition) is 6. The average molecular weight is 369 g/mol. The lowest BCUT2D eigenvalue weighted by Gasteiger charge is -2.36. The van der Waals surface area contributed by atoms with Gasteiger partial charge in [0.25, 0.3) is 0 Å². The first-order chi connectivity index (χ1) is 12.1. The maximum absolute atomic E-state index is 11.4. The van der Waals surface area contributed by atoms with E-state index < -0.39 is 10.0 Å². The Kier molecular flexibility index (Phi) is 7.38. The van der Waals surface area contributed by atoms with Gasteiger partial charge in [-0.25, -0.2) is 23.1 Å². The Labute approximate surface area is 149 Å². The van der Waals surface area contributed by atoms with Crippen LogP contribution in [0.5, 0.6) is 0 Å². The van der Waals surface area contributed by atoms with E-state index in [1.54, 1.807) is 19.3 Å². The van der Waals surface area contributed by atoms with Crippen molar-refractivity contribution in [2.24, 2.45) is 4.99 Å². The molecular formula is C15H27N7O2S. The topological polar surface area (TPSA) is 103 Å². The van der Waals surface area contributed by atoms with Gasteiger partial charge in [-0.3, -0.25) is 4.99 Å². The molecule has 0 aliphatic carbocycles. The van der Waals surface area contributed by atoms with Gasteiger partial charge in [0.1, 0.15) is 0 Å². The third-order valence-electron chi connectivity index (χ3n) is 3.82. The summed E-state index contributed by atoms with van der Waals surface area (Å²) >= 11 is 0. The Hall–Kier alpha value is -1.94. The summed E-state index contributed by atoms with van der Waals surface area (Å²) < 4.78 is 25.4. The smallest absolute Gasteiger partial charge is 0.225 e. The van der Waals surface area contributed by atoms with E-state index in [0.717, 1.165) is 44.6 Å². The third kappa shape index (κ3) is 6.13.